The molecule has 0 amide bonds. The van der Waals surface area contributed by atoms with E-state index in [0.717, 1.165) is 22.2 Å². The number of nitro groups is 1. The van der Waals surface area contributed by atoms with E-state index in [9.17, 15) is 20.0 Å². The van der Waals surface area contributed by atoms with Crippen LogP contribution in [0.4, 0.5) is 5.69 Å². The summed E-state index contributed by atoms with van der Waals surface area (Å²) in [5.74, 6) is -0.277. The van der Waals surface area contributed by atoms with E-state index in [4.69, 9.17) is 4.74 Å². The van der Waals surface area contributed by atoms with Gasteiger partial charge in [0.05, 0.1) is 16.9 Å². The number of nitro benzene ring substituents is 1. The van der Waals surface area contributed by atoms with Gasteiger partial charge in [0.25, 0.3) is 5.69 Å². The lowest BCUT2D eigenvalue weighted by molar-refractivity contribution is -0.384. The van der Waals surface area contributed by atoms with Crippen LogP contribution >= 0.6 is 0 Å². The summed E-state index contributed by atoms with van der Waals surface area (Å²) < 4.78 is 7.81. The number of ether oxygens (including phenoxy) is 1. The summed E-state index contributed by atoms with van der Waals surface area (Å²) in [5, 5.41) is 21.2. The predicted octanol–water partition coefficient (Wildman–Crippen LogP) is 5.05. The zero-order chi connectivity index (χ0) is 22.0. The molecule has 0 spiro atoms. The molecule has 0 unspecified atom stereocenters. The number of aromatic nitrogens is 1. The highest BCUT2D eigenvalue weighted by Crippen LogP contribution is 2.31. The average Bonchev–Trinajstić information content (AvgIpc) is 3.09. The third-order valence-electron chi connectivity index (χ3n) is 5.10. The van der Waals surface area contributed by atoms with E-state index in [-0.39, 0.29) is 12.1 Å². The molecule has 0 bridgehead atoms. The Morgan fingerprint density at radius 2 is 1.87 bits per heavy atom. The summed E-state index contributed by atoms with van der Waals surface area (Å²) in [5.41, 5.74) is 3.94. The van der Waals surface area contributed by atoms with Gasteiger partial charge in [0, 0.05) is 35.5 Å². The molecule has 156 valence electrons. The molecule has 0 aliphatic rings. The molecule has 31 heavy (non-hydrogen) atoms. The van der Waals surface area contributed by atoms with Gasteiger partial charge >= 0.3 is 5.97 Å². The fourth-order valence-corrected chi connectivity index (χ4v) is 3.63. The van der Waals surface area contributed by atoms with Gasteiger partial charge in [0.1, 0.15) is 12.4 Å². The number of fused-ring (bicyclic) bond motifs is 1. The third kappa shape index (κ3) is 4.25. The molecule has 1 heterocycles. The largest absolute Gasteiger partial charge is 0.489 e. The number of carboxylic acids is 1. The first-order chi connectivity index (χ1) is 14.9. The van der Waals surface area contributed by atoms with Crippen molar-refractivity contribution in [3.8, 4) is 11.4 Å². The Balaban J connectivity index is 1.77. The van der Waals surface area contributed by atoms with Crippen molar-refractivity contribution in [2.45, 2.75) is 20.0 Å². The lowest BCUT2D eigenvalue weighted by Crippen LogP contribution is -2.00. The summed E-state index contributed by atoms with van der Waals surface area (Å²) in [6.45, 7) is 2.20. The van der Waals surface area contributed by atoms with E-state index in [1.54, 1.807) is 19.2 Å². The molecular weight excluding hydrogens is 396 g/mol. The second-order valence-electron chi connectivity index (χ2n) is 7.28. The van der Waals surface area contributed by atoms with Crippen LogP contribution in [-0.4, -0.2) is 20.6 Å². The van der Waals surface area contributed by atoms with Crippen molar-refractivity contribution >= 4 is 22.6 Å². The zero-order valence-corrected chi connectivity index (χ0v) is 16.8. The molecule has 0 aliphatic heterocycles. The predicted molar refractivity (Wildman–Crippen MR) is 117 cm³/mol. The molecule has 0 fully saturated rings. The molecule has 4 rings (SSSR count). The minimum atomic E-state index is -0.927. The standard InChI is InChI=1S/C24H20N2O5/c1-16-11-19(26(29)30)7-10-22(16)25-14-18(12-24(27)28)21-9-8-20(13-23(21)25)31-15-17-5-3-2-4-6-17/h2-11,13-14H,12,15H2,1H3,(H,27,28). The topological polar surface area (TPSA) is 94.6 Å². The van der Waals surface area contributed by atoms with E-state index in [1.807, 2.05) is 53.1 Å². The highest BCUT2D eigenvalue weighted by atomic mass is 16.6. The Labute approximate surface area is 178 Å². The Kier molecular flexibility index (Phi) is 5.41. The minimum absolute atomic E-state index is 0.00959. The highest BCUT2D eigenvalue weighted by molar-refractivity contribution is 5.90. The fraction of sp³-hybridized carbons (Fsp3) is 0.125. The molecule has 0 aliphatic carbocycles. The second-order valence-corrected chi connectivity index (χ2v) is 7.28. The molecule has 0 saturated carbocycles. The molecule has 0 saturated heterocycles. The van der Waals surface area contributed by atoms with Gasteiger partial charge in [-0.3, -0.25) is 14.9 Å². The maximum atomic E-state index is 11.4. The van der Waals surface area contributed by atoms with Crippen LogP contribution in [0.25, 0.3) is 16.6 Å². The summed E-state index contributed by atoms with van der Waals surface area (Å²) in [4.78, 5) is 22.0. The van der Waals surface area contributed by atoms with Crippen molar-refractivity contribution < 1.29 is 19.6 Å². The number of carboxylic acid groups (broad SMARTS) is 1. The quantitative estimate of drug-likeness (QED) is 0.336. The molecular formula is C24H20N2O5. The van der Waals surface area contributed by atoms with Crippen LogP contribution in [-0.2, 0) is 17.8 Å². The van der Waals surface area contributed by atoms with Gasteiger partial charge in [-0.15, -0.1) is 0 Å². The Hall–Kier alpha value is -4.13. The van der Waals surface area contributed by atoms with Crippen LogP contribution < -0.4 is 4.74 Å². The van der Waals surface area contributed by atoms with Crippen molar-refractivity contribution in [2.24, 2.45) is 0 Å². The van der Waals surface area contributed by atoms with Crippen molar-refractivity contribution in [1.29, 1.82) is 0 Å². The van der Waals surface area contributed by atoms with E-state index in [1.165, 1.54) is 12.1 Å². The van der Waals surface area contributed by atoms with Crippen molar-refractivity contribution in [2.75, 3.05) is 0 Å². The summed E-state index contributed by atoms with van der Waals surface area (Å²) in [6, 6.07) is 20.0. The first-order valence-corrected chi connectivity index (χ1v) is 9.70. The molecule has 3 aromatic carbocycles. The Morgan fingerprint density at radius 1 is 1.10 bits per heavy atom. The molecule has 0 radical (unpaired) electrons. The van der Waals surface area contributed by atoms with E-state index in [0.29, 0.717) is 23.5 Å². The lowest BCUT2D eigenvalue weighted by Gasteiger charge is -2.11. The number of nitrogens with zero attached hydrogens (tertiary/aromatic N) is 2. The smallest absolute Gasteiger partial charge is 0.307 e. The van der Waals surface area contributed by atoms with E-state index in [2.05, 4.69) is 0 Å². The monoisotopic (exact) mass is 416 g/mol. The van der Waals surface area contributed by atoms with Crippen LogP contribution in [0.5, 0.6) is 5.75 Å². The van der Waals surface area contributed by atoms with Crippen molar-refractivity contribution in [1.82, 2.24) is 4.57 Å². The Bertz CT molecular complexity index is 1280. The van der Waals surface area contributed by atoms with Gasteiger partial charge < -0.3 is 14.4 Å². The average molecular weight is 416 g/mol. The number of aryl methyl sites for hydroxylation is 1. The van der Waals surface area contributed by atoms with Gasteiger partial charge in [0.2, 0.25) is 0 Å². The van der Waals surface area contributed by atoms with Crippen LogP contribution in [0.1, 0.15) is 16.7 Å². The molecule has 0 atom stereocenters. The highest BCUT2D eigenvalue weighted by Gasteiger charge is 2.16. The normalized spacial score (nSPS) is 10.9. The molecule has 1 N–H and O–H groups in total. The first kappa shape index (κ1) is 20.2. The molecule has 4 aromatic rings. The maximum absolute atomic E-state index is 11.4. The third-order valence-corrected chi connectivity index (χ3v) is 5.10. The molecule has 7 nitrogen and oxygen atoms in total. The number of hydrogen-bond donors (Lipinski definition) is 1. The van der Waals surface area contributed by atoms with Crippen LogP contribution in [0, 0.1) is 17.0 Å². The van der Waals surface area contributed by atoms with Gasteiger partial charge in [-0.25, -0.2) is 0 Å². The van der Waals surface area contributed by atoms with Gasteiger partial charge in [0.15, 0.2) is 0 Å². The number of hydrogen-bond acceptors (Lipinski definition) is 4. The molecule has 7 heteroatoms. The van der Waals surface area contributed by atoms with Crippen molar-refractivity contribution in [3.63, 3.8) is 0 Å². The SMILES string of the molecule is Cc1cc([N+](=O)[O-])ccc1-n1cc(CC(=O)O)c2ccc(OCc3ccccc3)cc21. The lowest BCUT2D eigenvalue weighted by atomic mass is 10.1. The maximum Gasteiger partial charge on any atom is 0.307 e. The van der Waals surface area contributed by atoms with Crippen LogP contribution in [0.2, 0.25) is 0 Å². The van der Waals surface area contributed by atoms with Gasteiger partial charge in [-0.2, -0.15) is 0 Å². The van der Waals surface area contributed by atoms with Gasteiger partial charge in [-0.05, 0) is 41.8 Å². The van der Waals surface area contributed by atoms with Gasteiger partial charge in [-0.1, -0.05) is 30.3 Å². The number of benzene rings is 3. The minimum Gasteiger partial charge on any atom is -0.489 e. The van der Waals surface area contributed by atoms with Crippen LogP contribution in [0.3, 0.4) is 0 Å². The van der Waals surface area contributed by atoms with E-state index < -0.39 is 10.9 Å². The number of rotatable bonds is 7. The Morgan fingerprint density at radius 3 is 2.55 bits per heavy atom. The summed E-state index contributed by atoms with van der Waals surface area (Å²) >= 11 is 0. The number of carbonyl (C=O) groups is 1. The first-order valence-electron chi connectivity index (χ1n) is 9.70. The molecule has 1 aromatic heterocycles. The number of non-ortho nitro benzene ring substituents is 1. The second kappa shape index (κ2) is 8.31. The summed E-state index contributed by atoms with van der Waals surface area (Å²) in [6.07, 6.45) is 1.65. The van der Waals surface area contributed by atoms with E-state index >= 15 is 0 Å². The summed E-state index contributed by atoms with van der Waals surface area (Å²) in [7, 11) is 0. The van der Waals surface area contributed by atoms with Crippen LogP contribution in [0.15, 0.2) is 72.9 Å². The fourth-order valence-electron chi connectivity index (χ4n) is 3.63. The van der Waals surface area contributed by atoms with Crippen molar-refractivity contribution in [3.05, 3.63) is 99.7 Å². The number of aliphatic carboxylic acids is 1. The zero-order valence-electron chi connectivity index (χ0n) is 16.8.